The lowest BCUT2D eigenvalue weighted by atomic mass is 10.2. The molecule has 27 heavy (non-hydrogen) atoms. The number of anilines is 1. The fraction of sp³-hybridized carbons (Fsp3) is 0.500. The molecule has 0 fully saturated rings. The Hall–Kier alpha value is -1.35. The molecule has 1 unspecified atom stereocenters. The van der Waals surface area contributed by atoms with Crippen molar-refractivity contribution in [1.82, 2.24) is 15.6 Å². The molecule has 7 heteroatoms. The van der Waals surface area contributed by atoms with Crippen LogP contribution in [0.1, 0.15) is 36.1 Å². The summed E-state index contributed by atoms with van der Waals surface area (Å²) >= 11 is 1.86. The number of aromatic nitrogens is 1. The van der Waals surface area contributed by atoms with Crippen molar-refractivity contribution in [3.63, 3.8) is 0 Å². The lowest BCUT2D eigenvalue weighted by Gasteiger charge is -2.20. The summed E-state index contributed by atoms with van der Waals surface area (Å²) < 4.78 is 0. The minimum absolute atomic E-state index is 0. The quantitative estimate of drug-likeness (QED) is 0.323. The van der Waals surface area contributed by atoms with Crippen LogP contribution in [-0.4, -0.2) is 37.1 Å². The molecule has 2 aromatic heterocycles. The molecule has 150 valence electrons. The fourth-order valence-corrected chi connectivity index (χ4v) is 3.84. The predicted octanol–water partition coefficient (Wildman–Crippen LogP) is 4.21. The molecular weight excluding hydrogens is 469 g/mol. The van der Waals surface area contributed by atoms with E-state index in [0.717, 1.165) is 36.9 Å². The molecule has 2 heterocycles. The van der Waals surface area contributed by atoms with Crippen molar-refractivity contribution < 1.29 is 0 Å². The van der Waals surface area contributed by atoms with E-state index in [1.165, 1.54) is 9.75 Å². The van der Waals surface area contributed by atoms with E-state index < -0.39 is 0 Å². The highest BCUT2D eigenvalue weighted by molar-refractivity contribution is 14.0. The van der Waals surface area contributed by atoms with Gasteiger partial charge in [0.15, 0.2) is 5.96 Å². The Bertz CT molecular complexity index is 695. The van der Waals surface area contributed by atoms with Gasteiger partial charge >= 0.3 is 0 Å². The van der Waals surface area contributed by atoms with Crippen LogP contribution < -0.4 is 15.5 Å². The van der Waals surface area contributed by atoms with Crippen LogP contribution in [0.5, 0.6) is 0 Å². The van der Waals surface area contributed by atoms with Gasteiger partial charge < -0.3 is 15.5 Å². The number of nitrogens with zero attached hydrogens (tertiary/aromatic N) is 3. The zero-order chi connectivity index (χ0) is 18.9. The van der Waals surface area contributed by atoms with E-state index in [9.17, 15) is 0 Å². The minimum Gasteiger partial charge on any atom is -0.357 e. The molecule has 0 bridgehead atoms. The number of nitrogens with one attached hydrogen (secondary N) is 2. The van der Waals surface area contributed by atoms with Gasteiger partial charge in [0.25, 0.3) is 0 Å². The molecule has 2 rings (SSSR count). The Kier molecular flexibility index (Phi) is 10.7. The van der Waals surface area contributed by atoms with Crippen LogP contribution in [0.25, 0.3) is 0 Å². The number of halogens is 1. The first-order valence-corrected chi connectivity index (χ1v) is 10.1. The lowest BCUT2D eigenvalue weighted by molar-refractivity contribution is 0.644. The van der Waals surface area contributed by atoms with Crippen molar-refractivity contribution >= 4 is 47.1 Å². The maximum atomic E-state index is 4.57. The van der Waals surface area contributed by atoms with Crippen molar-refractivity contribution in [2.45, 2.75) is 46.7 Å². The van der Waals surface area contributed by atoms with Crippen molar-refractivity contribution in [1.29, 1.82) is 0 Å². The molecule has 2 aromatic rings. The van der Waals surface area contributed by atoms with E-state index in [2.05, 4.69) is 77.5 Å². The smallest absolute Gasteiger partial charge is 0.191 e. The van der Waals surface area contributed by atoms with Crippen LogP contribution in [-0.2, 0) is 13.0 Å². The Morgan fingerprint density at radius 1 is 1.22 bits per heavy atom. The zero-order valence-corrected chi connectivity index (χ0v) is 20.1. The van der Waals surface area contributed by atoms with Gasteiger partial charge in [0.1, 0.15) is 5.82 Å². The summed E-state index contributed by atoms with van der Waals surface area (Å²) in [5.41, 5.74) is 1.14. The molecule has 1 atom stereocenters. The maximum Gasteiger partial charge on any atom is 0.191 e. The van der Waals surface area contributed by atoms with Gasteiger partial charge in [-0.2, -0.15) is 0 Å². The van der Waals surface area contributed by atoms with Gasteiger partial charge in [-0.3, -0.25) is 4.99 Å². The lowest BCUT2D eigenvalue weighted by Crippen LogP contribution is -2.42. The van der Waals surface area contributed by atoms with Crippen LogP contribution in [0.3, 0.4) is 0 Å². The van der Waals surface area contributed by atoms with Gasteiger partial charge in [-0.05, 0) is 51.5 Å². The highest BCUT2D eigenvalue weighted by atomic mass is 127. The summed E-state index contributed by atoms with van der Waals surface area (Å²) in [6, 6.07) is 8.91. The monoisotopic (exact) mass is 501 g/mol. The van der Waals surface area contributed by atoms with Crippen molar-refractivity contribution in [2.24, 2.45) is 4.99 Å². The Morgan fingerprint density at radius 3 is 2.48 bits per heavy atom. The molecule has 0 saturated carbocycles. The molecule has 0 aromatic carbocycles. The van der Waals surface area contributed by atoms with Crippen LogP contribution in [0.4, 0.5) is 5.82 Å². The average Bonchev–Trinajstić information content (AvgIpc) is 3.05. The van der Waals surface area contributed by atoms with Crippen LogP contribution >= 0.6 is 35.3 Å². The SMILES string of the molecule is CCN(CC)c1ccc(CNC(=NC)NC(C)Cc2ccc(C)s2)cn1.I. The van der Waals surface area contributed by atoms with Gasteiger partial charge in [0.05, 0.1) is 0 Å². The van der Waals surface area contributed by atoms with E-state index in [0.29, 0.717) is 12.6 Å². The van der Waals surface area contributed by atoms with Gasteiger partial charge in [0, 0.05) is 55.1 Å². The predicted molar refractivity (Wildman–Crippen MR) is 129 cm³/mol. The van der Waals surface area contributed by atoms with Crippen molar-refractivity contribution in [2.75, 3.05) is 25.0 Å². The molecule has 2 N–H and O–H groups in total. The summed E-state index contributed by atoms with van der Waals surface area (Å²) in [4.78, 5) is 13.9. The zero-order valence-electron chi connectivity index (χ0n) is 17.0. The molecule has 0 radical (unpaired) electrons. The second-order valence-electron chi connectivity index (χ2n) is 6.38. The van der Waals surface area contributed by atoms with Gasteiger partial charge in [-0.1, -0.05) is 6.07 Å². The summed E-state index contributed by atoms with van der Waals surface area (Å²) in [5, 5.41) is 6.83. The first kappa shape index (κ1) is 23.7. The first-order valence-electron chi connectivity index (χ1n) is 9.28. The Balaban J connectivity index is 0.00000364. The van der Waals surface area contributed by atoms with Gasteiger partial charge in [0.2, 0.25) is 0 Å². The number of pyridine rings is 1. The Morgan fingerprint density at radius 2 is 1.96 bits per heavy atom. The molecule has 0 saturated heterocycles. The number of aryl methyl sites for hydroxylation is 1. The number of thiophene rings is 1. The molecule has 0 aliphatic carbocycles. The van der Waals surface area contributed by atoms with Crippen LogP contribution in [0, 0.1) is 6.92 Å². The molecule has 0 aliphatic rings. The molecule has 0 amide bonds. The standard InChI is InChI=1S/C20H31N5S.HI/c1-6-25(7-2)19-11-9-17(13-22-19)14-23-20(21-5)24-15(3)12-18-10-8-16(4)26-18;/h8-11,13,15H,6-7,12,14H2,1-5H3,(H2,21,23,24);1H. The van der Waals surface area contributed by atoms with Crippen molar-refractivity contribution in [3.05, 3.63) is 45.8 Å². The highest BCUT2D eigenvalue weighted by Crippen LogP contribution is 2.16. The number of hydrogen-bond donors (Lipinski definition) is 2. The largest absolute Gasteiger partial charge is 0.357 e. The number of guanidine groups is 1. The van der Waals surface area contributed by atoms with Crippen LogP contribution in [0.15, 0.2) is 35.5 Å². The second kappa shape index (κ2) is 12.2. The molecular formula is C20H32IN5S. The normalized spacial score (nSPS) is 12.3. The van der Waals surface area contributed by atoms with E-state index in [1.54, 1.807) is 7.05 Å². The molecule has 0 aliphatic heterocycles. The molecule has 5 nitrogen and oxygen atoms in total. The van der Waals surface area contributed by atoms with Gasteiger partial charge in [-0.15, -0.1) is 35.3 Å². The topological polar surface area (TPSA) is 52.5 Å². The number of rotatable bonds is 8. The van der Waals surface area contributed by atoms with E-state index >= 15 is 0 Å². The van der Waals surface area contributed by atoms with E-state index in [1.807, 2.05) is 17.5 Å². The summed E-state index contributed by atoms with van der Waals surface area (Å²) in [5.74, 6) is 1.85. The number of aliphatic imine (C=N–C) groups is 1. The van der Waals surface area contributed by atoms with Gasteiger partial charge in [-0.25, -0.2) is 4.98 Å². The minimum atomic E-state index is 0. The third-order valence-corrected chi connectivity index (χ3v) is 5.29. The summed E-state index contributed by atoms with van der Waals surface area (Å²) in [7, 11) is 1.80. The first-order chi connectivity index (χ1) is 12.5. The maximum absolute atomic E-state index is 4.57. The third-order valence-electron chi connectivity index (χ3n) is 4.27. The fourth-order valence-electron chi connectivity index (χ4n) is 2.82. The average molecular weight is 501 g/mol. The summed E-state index contributed by atoms with van der Waals surface area (Å²) in [6.07, 6.45) is 2.94. The van der Waals surface area contributed by atoms with E-state index in [-0.39, 0.29) is 24.0 Å². The highest BCUT2D eigenvalue weighted by Gasteiger charge is 2.08. The van der Waals surface area contributed by atoms with Crippen molar-refractivity contribution in [3.8, 4) is 0 Å². The Labute approximate surface area is 184 Å². The number of hydrogen-bond acceptors (Lipinski definition) is 4. The second-order valence-corrected chi connectivity index (χ2v) is 7.76. The molecule has 0 spiro atoms. The van der Waals surface area contributed by atoms with E-state index in [4.69, 9.17) is 0 Å². The summed E-state index contributed by atoms with van der Waals surface area (Å²) in [6.45, 7) is 11.3. The third kappa shape index (κ3) is 7.65. The van der Waals surface area contributed by atoms with Crippen LogP contribution in [0.2, 0.25) is 0 Å².